The molecular weight excluding hydrogens is 184 g/mol. The average molecular weight is 204 g/mol. The van der Waals surface area contributed by atoms with Crippen molar-refractivity contribution >= 4 is 0 Å². The molecule has 0 saturated carbocycles. The Bertz CT molecular complexity index is 334. The Labute approximate surface area is 92.6 Å². The van der Waals surface area contributed by atoms with Crippen molar-refractivity contribution in [2.75, 3.05) is 6.67 Å². The third-order valence-electron chi connectivity index (χ3n) is 3.03. The number of allylic oxidation sites excluding steroid dienone is 3. The van der Waals surface area contributed by atoms with Crippen molar-refractivity contribution < 1.29 is 0 Å². The van der Waals surface area contributed by atoms with Gasteiger partial charge in [0.15, 0.2) is 0 Å². The van der Waals surface area contributed by atoms with Crippen molar-refractivity contribution in [3.63, 3.8) is 0 Å². The van der Waals surface area contributed by atoms with Gasteiger partial charge in [-0.3, -0.25) is 0 Å². The van der Waals surface area contributed by atoms with E-state index in [1.165, 1.54) is 11.3 Å². The van der Waals surface area contributed by atoms with E-state index in [4.69, 9.17) is 0 Å². The van der Waals surface area contributed by atoms with E-state index in [9.17, 15) is 0 Å². The molecule has 0 saturated heterocycles. The Kier molecular flexibility index (Phi) is 2.59. The van der Waals surface area contributed by atoms with Gasteiger partial charge in [-0.25, -0.2) is 0 Å². The lowest BCUT2D eigenvalue weighted by atomic mass is 10.0. The molecule has 0 N–H and O–H groups in total. The van der Waals surface area contributed by atoms with Crippen LogP contribution in [0.3, 0.4) is 0 Å². The highest BCUT2D eigenvalue weighted by Gasteiger charge is 2.22. The molecule has 2 aliphatic heterocycles. The minimum absolute atomic E-state index is 0.576. The molecule has 0 spiro atoms. The van der Waals surface area contributed by atoms with Crippen LogP contribution in [0.4, 0.5) is 0 Å². The first-order valence-corrected chi connectivity index (χ1v) is 5.72. The lowest BCUT2D eigenvalue weighted by Crippen LogP contribution is -2.29. The molecule has 0 unspecified atom stereocenters. The third kappa shape index (κ3) is 1.94. The van der Waals surface area contributed by atoms with Gasteiger partial charge in [-0.2, -0.15) is 0 Å². The quantitative estimate of drug-likeness (QED) is 0.682. The maximum atomic E-state index is 2.36. The summed E-state index contributed by atoms with van der Waals surface area (Å²) in [5.41, 5.74) is 2.73. The second-order valence-corrected chi connectivity index (χ2v) is 4.89. The Morgan fingerprint density at radius 3 is 2.40 bits per heavy atom. The summed E-state index contributed by atoms with van der Waals surface area (Å²) in [6.07, 6.45) is 8.97. The van der Waals surface area contributed by atoms with Crippen LogP contribution in [0, 0.1) is 5.92 Å². The second kappa shape index (κ2) is 3.76. The summed E-state index contributed by atoms with van der Waals surface area (Å²) in [6, 6.07) is 0.576. The van der Waals surface area contributed by atoms with E-state index >= 15 is 0 Å². The van der Waals surface area contributed by atoms with Crippen LogP contribution in [0.1, 0.15) is 27.7 Å². The Morgan fingerprint density at radius 1 is 1.07 bits per heavy atom. The summed E-state index contributed by atoms with van der Waals surface area (Å²) in [4.78, 5) is 4.69. The van der Waals surface area contributed by atoms with E-state index in [-0.39, 0.29) is 0 Å². The zero-order valence-electron chi connectivity index (χ0n) is 10.1. The van der Waals surface area contributed by atoms with Gasteiger partial charge in [0.05, 0.1) is 12.4 Å². The Balaban J connectivity index is 2.16. The predicted molar refractivity (Wildman–Crippen MR) is 63.8 cm³/mol. The summed E-state index contributed by atoms with van der Waals surface area (Å²) in [5, 5.41) is 0. The van der Waals surface area contributed by atoms with E-state index in [0.717, 1.165) is 6.67 Å². The smallest absolute Gasteiger partial charge is 0.0944 e. The third-order valence-corrected chi connectivity index (χ3v) is 3.03. The molecule has 2 heterocycles. The molecule has 0 bridgehead atoms. The Morgan fingerprint density at radius 2 is 1.80 bits per heavy atom. The van der Waals surface area contributed by atoms with Gasteiger partial charge in [-0.05, 0) is 31.4 Å². The first kappa shape index (κ1) is 10.3. The van der Waals surface area contributed by atoms with Crippen molar-refractivity contribution in [2.24, 2.45) is 5.92 Å². The standard InChI is InChI=1S/C13H20N2/c1-10(2)12-5-6-13-8-14(11(3)4)9-15(13)7-12/h5-8,10-11H,9H2,1-4H3. The lowest BCUT2D eigenvalue weighted by Gasteiger charge is -2.25. The molecule has 0 atom stereocenters. The van der Waals surface area contributed by atoms with Crippen molar-refractivity contribution in [2.45, 2.75) is 33.7 Å². The Hall–Kier alpha value is -1.18. The van der Waals surface area contributed by atoms with Crippen LogP contribution in [-0.2, 0) is 0 Å². The minimum Gasteiger partial charge on any atom is -0.355 e. The topological polar surface area (TPSA) is 6.48 Å². The summed E-state index contributed by atoms with van der Waals surface area (Å²) in [6.45, 7) is 9.93. The molecule has 2 aliphatic rings. The fourth-order valence-electron chi connectivity index (χ4n) is 1.86. The van der Waals surface area contributed by atoms with Crippen LogP contribution in [0.15, 0.2) is 35.8 Å². The first-order chi connectivity index (χ1) is 7.08. The van der Waals surface area contributed by atoms with E-state index in [1.807, 2.05) is 0 Å². The van der Waals surface area contributed by atoms with Gasteiger partial charge in [0.2, 0.25) is 0 Å². The zero-order chi connectivity index (χ0) is 11.0. The number of fused-ring (bicyclic) bond motifs is 1. The molecular formula is C13H20N2. The minimum atomic E-state index is 0.576. The van der Waals surface area contributed by atoms with Crippen LogP contribution in [0.5, 0.6) is 0 Å². The van der Waals surface area contributed by atoms with Gasteiger partial charge in [-0.1, -0.05) is 19.9 Å². The van der Waals surface area contributed by atoms with Crippen molar-refractivity contribution in [3.05, 3.63) is 35.8 Å². The van der Waals surface area contributed by atoms with Gasteiger partial charge < -0.3 is 9.80 Å². The SMILES string of the molecule is CC(C)C1=CN2CN(C(C)C)C=C2C=C1. The van der Waals surface area contributed by atoms with E-state index < -0.39 is 0 Å². The van der Waals surface area contributed by atoms with Crippen molar-refractivity contribution in [3.8, 4) is 0 Å². The number of hydrogen-bond acceptors (Lipinski definition) is 2. The second-order valence-electron chi connectivity index (χ2n) is 4.89. The molecule has 0 radical (unpaired) electrons. The molecule has 0 aromatic rings. The fourth-order valence-corrected chi connectivity index (χ4v) is 1.86. The molecule has 0 amide bonds. The molecule has 0 fully saturated rings. The van der Waals surface area contributed by atoms with E-state index in [1.54, 1.807) is 0 Å². The largest absolute Gasteiger partial charge is 0.355 e. The maximum absolute atomic E-state index is 2.36. The van der Waals surface area contributed by atoms with E-state index in [0.29, 0.717) is 12.0 Å². The number of hydrogen-bond donors (Lipinski definition) is 0. The average Bonchev–Trinajstić information content (AvgIpc) is 2.59. The molecule has 2 rings (SSSR count). The van der Waals surface area contributed by atoms with Gasteiger partial charge in [0.1, 0.15) is 0 Å². The van der Waals surface area contributed by atoms with E-state index in [2.05, 4.69) is 62.0 Å². The van der Waals surface area contributed by atoms with Crippen LogP contribution < -0.4 is 0 Å². The zero-order valence-corrected chi connectivity index (χ0v) is 10.1. The molecule has 0 aliphatic carbocycles. The summed E-state index contributed by atoms with van der Waals surface area (Å²) in [7, 11) is 0. The van der Waals surface area contributed by atoms with Gasteiger partial charge >= 0.3 is 0 Å². The van der Waals surface area contributed by atoms with Crippen LogP contribution >= 0.6 is 0 Å². The predicted octanol–water partition coefficient (Wildman–Crippen LogP) is 2.92. The first-order valence-electron chi connectivity index (χ1n) is 5.72. The molecule has 15 heavy (non-hydrogen) atoms. The lowest BCUT2D eigenvalue weighted by molar-refractivity contribution is 0.263. The van der Waals surface area contributed by atoms with Crippen molar-refractivity contribution in [1.82, 2.24) is 9.80 Å². The molecule has 82 valence electrons. The van der Waals surface area contributed by atoms with Gasteiger partial charge in [-0.15, -0.1) is 0 Å². The summed E-state index contributed by atoms with van der Waals surface area (Å²) < 4.78 is 0. The number of nitrogens with zero attached hydrogens (tertiary/aromatic N) is 2. The molecule has 2 nitrogen and oxygen atoms in total. The van der Waals surface area contributed by atoms with Crippen LogP contribution in [0.2, 0.25) is 0 Å². The highest BCUT2D eigenvalue weighted by atomic mass is 15.4. The van der Waals surface area contributed by atoms with Crippen LogP contribution in [0.25, 0.3) is 0 Å². The highest BCUT2D eigenvalue weighted by molar-refractivity contribution is 5.36. The summed E-state index contributed by atoms with van der Waals surface area (Å²) in [5.74, 6) is 0.607. The molecule has 2 heteroatoms. The summed E-state index contributed by atoms with van der Waals surface area (Å²) >= 11 is 0. The fraction of sp³-hybridized carbons (Fsp3) is 0.538. The van der Waals surface area contributed by atoms with Gasteiger partial charge in [0.25, 0.3) is 0 Å². The number of rotatable bonds is 2. The monoisotopic (exact) mass is 204 g/mol. The highest BCUT2D eigenvalue weighted by Crippen LogP contribution is 2.27. The molecule has 0 aromatic carbocycles. The van der Waals surface area contributed by atoms with Crippen LogP contribution in [-0.4, -0.2) is 22.5 Å². The van der Waals surface area contributed by atoms with Gasteiger partial charge in [0, 0.05) is 18.4 Å². The normalized spacial score (nSPS) is 19.9. The molecule has 0 aromatic heterocycles. The maximum Gasteiger partial charge on any atom is 0.0944 e. The van der Waals surface area contributed by atoms with Crippen molar-refractivity contribution in [1.29, 1.82) is 0 Å².